The third-order valence-corrected chi connectivity index (χ3v) is 3.03. The molecule has 0 saturated carbocycles. The lowest BCUT2D eigenvalue weighted by atomic mass is 9.93. The van der Waals surface area contributed by atoms with Crippen LogP contribution in [0.4, 0.5) is 4.39 Å². The zero-order chi connectivity index (χ0) is 12.6. The molecular formula is C11H15FN2O3. The number of benzene rings is 1. The lowest BCUT2D eigenvalue weighted by Gasteiger charge is -2.38. The molecule has 2 rings (SSSR count). The SMILES string of the molecule is NCC(O)[C@@]1(N)CCc2c(ccc(O)c2F)O1. The topological polar surface area (TPSA) is 102 Å². The van der Waals surface area contributed by atoms with Crippen LogP contribution < -0.4 is 16.2 Å². The highest BCUT2D eigenvalue weighted by Crippen LogP contribution is 2.36. The summed E-state index contributed by atoms with van der Waals surface area (Å²) in [5, 5.41) is 18.9. The molecule has 1 aliphatic heterocycles. The Morgan fingerprint density at radius 2 is 2.24 bits per heavy atom. The van der Waals surface area contributed by atoms with Gasteiger partial charge >= 0.3 is 0 Å². The molecule has 1 aromatic rings. The van der Waals surface area contributed by atoms with Crippen molar-refractivity contribution in [2.75, 3.05) is 6.54 Å². The minimum absolute atomic E-state index is 0.0353. The largest absolute Gasteiger partial charge is 0.505 e. The molecule has 0 bridgehead atoms. The molecule has 0 amide bonds. The quantitative estimate of drug-likeness (QED) is 0.577. The molecule has 5 nitrogen and oxygen atoms in total. The molecule has 94 valence electrons. The number of ether oxygens (including phenoxy) is 1. The predicted octanol–water partition coefficient (Wildman–Crippen LogP) is -0.169. The molecule has 0 aliphatic carbocycles. The van der Waals surface area contributed by atoms with Gasteiger partial charge < -0.3 is 20.7 Å². The Morgan fingerprint density at radius 1 is 1.53 bits per heavy atom. The second-order valence-electron chi connectivity index (χ2n) is 4.18. The van der Waals surface area contributed by atoms with Crippen LogP contribution in [0.5, 0.6) is 11.5 Å². The highest BCUT2D eigenvalue weighted by atomic mass is 19.1. The summed E-state index contributed by atoms with van der Waals surface area (Å²) >= 11 is 0. The summed E-state index contributed by atoms with van der Waals surface area (Å²) < 4.78 is 19.0. The molecule has 17 heavy (non-hydrogen) atoms. The molecule has 2 atom stereocenters. The van der Waals surface area contributed by atoms with Crippen molar-refractivity contribution in [1.29, 1.82) is 0 Å². The minimum atomic E-state index is -1.30. The molecule has 0 aromatic heterocycles. The number of halogens is 1. The van der Waals surface area contributed by atoms with Gasteiger partial charge in [-0.1, -0.05) is 0 Å². The van der Waals surface area contributed by atoms with Crippen molar-refractivity contribution in [3.05, 3.63) is 23.5 Å². The lowest BCUT2D eigenvalue weighted by Crippen LogP contribution is -2.59. The zero-order valence-electron chi connectivity index (χ0n) is 9.19. The van der Waals surface area contributed by atoms with E-state index in [9.17, 15) is 14.6 Å². The van der Waals surface area contributed by atoms with Crippen molar-refractivity contribution < 1.29 is 19.3 Å². The highest BCUT2D eigenvalue weighted by molar-refractivity contribution is 5.43. The van der Waals surface area contributed by atoms with Crippen LogP contribution >= 0.6 is 0 Å². The van der Waals surface area contributed by atoms with E-state index >= 15 is 0 Å². The van der Waals surface area contributed by atoms with E-state index in [-0.39, 0.29) is 30.7 Å². The lowest BCUT2D eigenvalue weighted by molar-refractivity contribution is -0.0591. The van der Waals surface area contributed by atoms with Gasteiger partial charge in [-0.2, -0.15) is 0 Å². The second-order valence-corrected chi connectivity index (χ2v) is 4.18. The Kier molecular flexibility index (Phi) is 2.94. The standard InChI is InChI=1S/C11H15FN2O3/c12-10-6-3-4-11(14,9(16)5-13)17-8(6)2-1-7(10)15/h1-2,9,15-16H,3-5,13-14H2/t9?,11-/m1/s1. The van der Waals surface area contributed by atoms with Crippen LogP contribution in [0.1, 0.15) is 12.0 Å². The summed E-state index contributed by atoms with van der Waals surface area (Å²) in [5.41, 5.74) is 10.2. The number of aliphatic hydroxyl groups is 1. The summed E-state index contributed by atoms with van der Waals surface area (Å²) in [5.74, 6) is -0.885. The fraction of sp³-hybridized carbons (Fsp3) is 0.455. The summed E-state index contributed by atoms with van der Waals surface area (Å²) in [7, 11) is 0. The van der Waals surface area contributed by atoms with Gasteiger partial charge in [0.05, 0.1) is 0 Å². The fourth-order valence-electron chi connectivity index (χ4n) is 1.93. The van der Waals surface area contributed by atoms with Gasteiger partial charge in [0.1, 0.15) is 11.9 Å². The first-order valence-corrected chi connectivity index (χ1v) is 5.34. The van der Waals surface area contributed by atoms with Crippen LogP contribution in [0.25, 0.3) is 0 Å². The first-order chi connectivity index (χ1) is 7.98. The number of aromatic hydroxyl groups is 1. The fourth-order valence-corrected chi connectivity index (χ4v) is 1.93. The van der Waals surface area contributed by atoms with E-state index in [4.69, 9.17) is 16.2 Å². The molecule has 0 radical (unpaired) electrons. The number of phenols is 1. The Labute approximate surface area is 97.8 Å². The van der Waals surface area contributed by atoms with E-state index < -0.39 is 23.4 Å². The van der Waals surface area contributed by atoms with Crippen LogP contribution in [0.2, 0.25) is 0 Å². The first-order valence-electron chi connectivity index (χ1n) is 5.34. The number of nitrogens with two attached hydrogens (primary N) is 2. The predicted molar refractivity (Wildman–Crippen MR) is 59.0 cm³/mol. The molecule has 1 aromatic carbocycles. The van der Waals surface area contributed by atoms with Crippen LogP contribution in [0.15, 0.2) is 12.1 Å². The van der Waals surface area contributed by atoms with Crippen LogP contribution in [0.3, 0.4) is 0 Å². The number of rotatable bonds is 2. The van der Waals surface area contributed by atoms with E-state index in [1.807, 2.05) is 0 Å². The van der Waals surface area contributed by atoms with Gasteiger partial charge in [-0.15, -0.1) is 0 Å². The second kappa shape index (κ2) is 4.14. The van der Waals surface area contributed by atoms with Crippen LogP contribution in [-0.2, 0) is 6.42 Å². The van der Waals surface area contributed by atoms with Gasteiger partial charge in [0.15, 0.2) is 17.3 Å². The van der Waals surface area contributed by atoms with Crippen molar-refractivity contribution in [3.63, 3.8) is 0 Å². The number of fused-ring (bicyclic) bond motifs is 1. The van der Waals surface area contributed by atoms with Crippen LogP contribution in [-0.4, -0.2) is 28.6 Å². The minimum Gasteiger partial charge on any atom is -0.505 e. The maximum Gasteiger partial charge on any atom is 0.186 e. The Balaban J connectivity index is 2.34. The van der Waals surface area contributed by atoms with Gasteiger partial charge in [0, 0.05) is 18.5 Å². The van der Waals surface area contributed by atoms with Crippen molar-refractivity contribution in [1.82, 2.24) is 0 Å². The Bertz CT molecular complexity index is 441. The highest BCUT2D eigenvalue weighted by Gasteiger charge is 2.39. The van der Waals surface area contributed by atoms with Crippen molar-refractivity contribution in [3.8, 4) is 11.5 Å². The van der Waals surface area contributed by atoms with Gasteiger partial charge in [-0.05, 0) is 18.6 Å². The van der Waals surface area contributed by atoms with Gasteiger partial charge in [0.2, 0.25) is 0 Å². The van der Waals surface area contributed by atoms with E-state index in [0.717, 1.165) is 0 Å². The molecule has 0 spiro atoms. The summed E-state index contributed by atoms with van der Waals surface area (Å²) in [6, 6.07) is 2.62. The van der Waals surface area contributed by atoms with Crippen molar-refractivity contribution in [2.24, 2.45) is 11.5 Å². The molecule has 1 aliphatic rings. The monoisotopic (exact) mass is 242 g/mol. The van der Waals surface area contributed by atoms with Crippen LogP contribution in [0, 0.1) is 5.82 Å². The van der Waals surface area contributed by atoms with E-state index in [0.29, 0.717) is 0 Å². The van der Waals surface area contributed by atoms with Gasteiger partial charge in [-0.25, -0.2) is 4.39 Å². The molecule has 0 saturated heterocycles. The number of aliphatic hydroxyl groups excluding tert-OH is 1. The molecule has 0 fully saturated rings. The molecule has 1 unspecified atom stereocenters. The average Bonchev–Trinajstić information content (AvgIpc) is 2.33. The van der Waals surface area contributed by atoms with Gasteiger partial charge in [0.25, 0.3) is 0 Å². The number of hydrogen-bond donors (Lipinski definition) is 4. The molecule has 1 heterocycles. The Morgan fingerprint density at radius 3 is 2.88 bits per heavy atom. The van der Waals surface area contributed by atoms with E-state index in [1.165, 1.54) is 12.1 Å². The summed E-state index contributed by atoms with van der Waals surface area (Å²) in [6.07, 6.45) is -0.505. The number of hydrogen-bond acceptors (Lipinski definition) is 5. The maximum atomic E-state index is 13.6. The maximum absolute atomic E-state index is 13.6. The smallest absolute Gasteiger partial charge is 0.186 e. The summed E-state index contributed by atoms with van der Waals surface area (Å²) in [6.45, 7) is -0.0353. The van der Waals surface area contributed by atoms with Crippen molar-refractivity contribution >= 4 is 0 Å². The van der Waals surface area contributed by atoms with E-state index in [1.54, 1.807) is 0 Å². The number of phenolic OH excluding ortho intramolecular Hbond substituents is 1. The summed E-state index contributed by atoms with van der Waals surface area (Å²) in [4.78, 5) is 0. The van der Waals surface area contributed by atoms with Gasteiger partial charge in [-0.3, -0.25) is 5.73 Å². The zero-order valence-corrected chi connectivity index (χ0v) is 9.19. The van der Waals surface area contributed by atoms with E-state index in [2.05, 4.69) is 0 Å². The first kappa shape index (κ1) is 12.1. The third-order valence-electron chi connectivity index (χ3n) is 3.03. The molecule has 6 N–H and O–H groups in total. The Hall–Kier alpha value is -1.37. The van der Waals surface area contributed by atoms with Crippen molar-refractivity contribution in [2.45, 2.75) is 24.7 Å². The molecular weight excluding hydrogens is 227 g/mol. The molecule has 6 heteroatoms. The third kappa shape index (κ3) is 1.95. The average molecular weight is 242 g/mol. The normalized spacial score (nSPS) is 24.9.